The van der Waals surface area contributed by atoms with Crippen molar-refractivity contribution in [3.8, 4) is 0 Å². The molecule has 1 unspecified atom stereocenters. The van der Waals surface area contributed by atoms with Gasteiger partial charge in [0.05, 0.1) is 0 Å². The van der Waals surface area contributed by atoms with Crippen molar-refractivity contribution in [2.45, 2.75) is 47.5 Å². The van der Waals surface area contributed by atoms with Crippen LogP contribution < -0.4 is 10.2 Å². The Morgan fingerprint density at radius 2 is 1.96 bits per heavy atom. The van der Waals surface area contributed by atoms with Crippen molar-refractivity contribution in [3.63, 3.8) is 0 Å². The second-order valence-electron chi connectivity index (χ2n) is 8.51. The van der Waals surface area contributed by atoms with E-state index in [9.17, 15) is 13.6 Å². The molecule has 1 atom stereocenters. The van der Waals surface area contributed by atoms with Crippen LogP contribution in [0, 0.1) is 16.2 Å². The average Bonchev–Trinajstić information content (AvgIpc) is 3.10. The number of amides is 1. The first-order chi connectivity index (χ1) is 11.4. The lowest BCUT2D eigenvalue weighted by Gasteiger charge is -2.42. The van der Waals surface area contributed by atoms with Gasteiger partial charge in [-0.15, -0.1) is 0 Å². The first-order valence-electron chi connectivity index (χ1n) is 8.44. The molecule has 9 heteroatoms. The second-order valence-corrected chi connectivity index (χ2v) is 8.51. The van der Waals surface area contributed by atoms with Gasteiger partial charge in [0.2, 0.25) is 11.9 Å². The van der Waals surface area contributed by atoms with Crippen molar-refractivity contribution >= 4 is 11.9 Å². The molecule has 1 aliphatic heterocycles. The van der Waals surface area contributed by atoms with Crippen molar-refractivity contribution in [1.82, 2.24) is 25.5 Å². The van der Waals surface area contributed by atoms with E-state index in [1.54, 1.807) is 11.7 Å². The average molecular weight is 358 g/mol. The lowest BCUT2D eigenvalue weighted by Crippen LogP contribution is -2.51. The number of rotatable bonds is 5. The van der Waals surface area contributed by atoms with Gasteiger partial charge < -0.3 is 10.2 Å². The largest absolute Gasteiger partial charge is 0.355 e. The van der Waals surface area contributed by atoms with Gasteiger partial charge in [0.15, 0.2) is 0 Å². The molecule has 2 heterocycles. The highest BCUT2D eigenvalue weighted by Gasteiger charge is 2.49. The fourth-order valence-corrected chi connectivity index (χ4v) is 3.13. The van der Waals surface area contributed by atoms with Crippen LogP contribution in [0.4, 0.5) is 14.7 Å². The Kier molecular flexibility index (Phi) is 5.07. The summed E-state index contributed by atoms with van der Waals surface area (Å²) in [7, 11) is 1.78. The lowest BCUT2D eigenvalue weighted by atomic mass is 9.65. The number of halogens is 2. The van der Waals surface area contributed by atoms with Gasteiger partial charge in [-0.25, -0.2) is 13.5 Å². The minimum absolute atomic E-state index is 0.129. The summed E-state index contributed by atoms with van der Waals surface area (Å²) in [4.78, 5) is 14.3. The molecule has 0 aliphatic carbocycles. The van der Waals surface area contributed by atoms with E-state index in [1.165, 1.54) is 13.8 Å². The summed E-state index contributed by atoms with van der Waals surface area (Å²) in [5, 5.41) is 14.3. The molecule has 25 heavy (non-hydrogen) atoms. The van der Waals surface area contributed by atoms with Crippen LogP contribution in [-0.4, -0.2) is 52.2 Å². The summed E-state index contributed by atoms with van der Waals surface area (Å²) in [6, 6.07) is 0. The number of hydrogen-bond donors (Lipinski definition) is 1. The standard InChI is InChI=1S/C16H28F2N6O/c1-14(2,3)16(9-19-12(25)15(4,5)11(17)18)7-8-24(10-16)13-20-21-22-23(13)6/h11H,7-10H2,1-6H3,(H,19,25). The maximum Gasteiger partial charge on any atom is 0.252 e. The number of tetrazole rings is 1. The second kappa shape index (κ2) is 6.49. The highest BCUT2D eigenvalue weighted by atomic mass is 19.3. The molecule has 1 aromatic rings. The summed E-state index contributed by atoms with van der Waals surface area (Å²) >= 11 is 0. The lowest BCUT2D eigenvalue weighted by molar-refractivity contribution is -0.138. The number of aromatic nitrogens is 4. The van der Waals surface area contributed by atoms with Gasteiger partial charge in [-0.1, -0.05) is 25.9 Å². The van der Waals surface area contributed by atoms with Gasteiger partial charge in [-0.3, -0.25) is 4.79 Å². The molecular formula is C16H28F2N6O. The third kappa shape index (κ3) is 3.59. The van der Waals surface area contributed by atoms with E-state index in [0.29, 0.717) is 19.0 Å². The van der Waals surface area contributed by atoms with Crippen molar-refractivity contribution < 1.29 is 13.6 Å². The monoisotopic (exact) mass is 358 g/mol. The summed E-state index contributed by atoms with van der Waals surface area (Å²) in [5.74, 6) is 0.0512. The predicted molar refractivity (Wildman–Crippen MR) is 90.3 cm³/mol. The van der Waals surface area contributed by atoms with Gasteiger partial charge in [-0.2, -0.15) is 0 Å². The Morgan fingerprint density at radius 1 is 1.32 bits per heavy atom. The van der Waals surface area contributed by atoms with E-state index in [-0.39, 0.29) is 10.8 Å². The number of hydrogen-bond acceptors (Lipinski definition) is 5. The van der Waals surface area contributed by atoms with E-state index in [0.717, 1.165) is 13.0 Å². The van der Waals surface area contributed by atoms with E-state index >= 15 is 0 Å². The van der Waals surface area contributed by atoms with Crippen LogP contribution in [-0.2, 0) is 11.8 Å². The molecule has 0 bridgehead atoms. The van der Waals surface area contributed by atoms with Crippen molar-refractivity contribution in [1.29, 1.82) is 0 Å². The third-order valence-electron chi connectivity index (χ3n) is 5.54. The van der Waals surface area contributed by atoms with Crippen LogP contribution in [0.1, 0.15) is 41.0 Å². The molecular weight excluding hydrogens is 330 g/mol. The molecule has 1 amide bonds. The number of nitrogens with zero attached hydrogens (tertiary/aromatic N) is 5. The highest BCUT2D eigenvalue weighted by molar-refractivity contribution is 5.82. The maximum absolute atomic E-state index is 13.1. The molecule has 1 aromatic heterocycles. The molecule has 2 rings (SSSR count). The van der Waals surface area contributed by atoms with E-state index in [4.69, 9.17) is 0 Å². The zero-order chi connectivity index (χ0) is 19.0. The zero-order valence-electron chi connectivity index (χ0n) is 15.8. The summed E-state index contributed by atoms with van der Waals surface area (Å²) in [6.07, 6.45) is -1.89. The fourth-order valence-electron chi connectivity index (χ4n) is 3.13. The van der Waals surface area contributed by atoms with Crippen LogP contribution in [0.15, 0.2) is 0 Å². The Bertz CT molecular complexity index is 624. The number of carbonyl (C=O) groups excluding carboxylic acids is 1. The maximum atomic E-state index is 13.1. The minimum Gasteiger partial charge on any atom is -0.355 e. The van der Waals surface area contributed by atoms with Gasteiger partial charge in [-0.05, 0) is 36.1 Å². The van der Waals surface area contributed by atoms with Gasteiger partial charge in [0.1, 0.15) is 5.41 Å². The number of anilines is 1. The first kappa shape index (κ1) is 19.5. The molecule has 142 valence electrons. The van der Waals surface area contributed by atoms with Crippen LogP contribution in [0.2, 0.25) is 0 Å². The summed E-state index contributed by atoms with van der Waals surface area (Å²) in [6.45, 7) is 10.6. The molecule has 0 aromatic carbocycles. The number of nitrogens with one attached hydrogen (secondary N) is 1. The molecule has 0 radical (unpaired) electrons. The normalized spacial score (nSPS) is 21.9. The molecule has 0 saturated carbocycles. The Labute approximate surface area is 147 Å². The molecule has 1 N–H and O–H groups in total. The molecule has 1 aliphatic rings. The van der Waals surface area contributed by atoms with E-state index < -0.39 is 17.7 Å². The van der Waals surface area contributed by atoms with Crippen molar-refractivity contribution in [2.24, 2.45) is 23.3 Å². The smallest absolute Gasteiger partial charge is 0.252 e. The molecule has 1 saturated heterocycles. The van der Waals surface area contributed by atoms with Crippen LogP contribution >= 0.6 is 0 Å². The number of alkyl halides is 2. The highest BCUT2D eigenvalue weighted by Crippen LogP contribution is 2.46. The fraction of sp³-hybridized carbons (Fsp3) is 0.875. The van der Waals surface area contributed by atoms with Crippen LogP contribution in [0.3, 0.4) is 0 Å². The number of carbonyl (C=O) groups is 1. The topological polar surface area (TPSA) is 75.9 Å². The molecule has 0 spiro atoms. The van der Waals surface area contributed by atoms with E-state index in [2.05, 4.69) is 46.5 Å². The third-order valence-corrected chi connectivity index (χ3v) is 5.54. The first-order valence-corrected chi connectivity index (χ1v) is 8.44. The quantitative estimate of drug-likeness (QED) is 0.869. The van der Waals surface area contributed by atoms with Gasteiger partial charge in [0, 0.05) is 32.1 Å². The Morgan fingerprint density at radius 3 is 2.44 bits per heavy atom. The summed E-state index contributed by atoms with van der Waals surface area (Å²) < 4.78 is 27.8. The minimum atomic E-state index is -2.71. The molecule has 7 nitrogen and oxygen atoms in total. The van der Waals surface area contributed by atoms with Gasteiger partial charge >= 0.3 is 0 Å². The van der Waals surface area contributed by atoms with Crippen LogP contribution in [0.5, 0.6) is 0 Å². The zero-order valence-corrected chi connectivity index (χ0v) is 15.8. The van der Waals surface area contributed by atoms with Crippen molar-refractivity contribution in [2.75, 3.05) is 24.5 Å². The summed E-state index contributed by atoms with van der Waals surface area (Å²) in [5.41, 5.74) is -2.09. The number of aryl methyl sites for hydroxylation is 1. The van der Waals surface area contributed by atoms with Gasteiger partial charge in [0.25, 0.3) is 6.43 Å². The van der Waals surface area contributed by atoms with Crippen LogP contribution in [0.25, 0.3) is 0 Å². The van der Waals surface area contributed by atoms with E-state index in [1.807, 2.05) is 0 Å². The predicted octanol–water partition coefficient (Wildman–Crippen LogP) is 1.86. The SMILES string of the molecule is Cn1nnnc1N1CCC(CNC(=O)C(C)(C)C(F)F)(C(C)(C)C)C1. The Balaban J connectivity index is 2.16. The molecule has 1 fully saturated rings. The Hall–Kier alpha value is -1.80. The van der Waals surface area contributed by atoms with Crippen molar-refractivity contribution in [3.05, 3.63) is 0 Å².